The number of benzene rings is 2. The minimum Gasteiger partial charge on any atom is -0.309 e. The topological polar surface area (TPSA) is 15.3 Å². The second-order valence-electron chi connectivity index (χ2n) is 7.97. The summed E-state index contributed by atoms with van der Waals surface area (Å²) >= 11 is 6.23. The molecule has 2 aromatic carbocycles. The summed E-state index contributed by atoms with van der Waals surface area (Å²) in [6.45, 7) is 7.82. The van der Waals surface area contributed by atoms with Crippen LogP contribution in [0.2, 0.25) is 5.02 Å². The van der Waals surface area contributed by atoms with Gasteiger partial charge in [0.25, 0.3) is 0 Å². The molecule has 134 valence electrons. The third-order valence-corrected chi connectivity index (χ3v) is 5.44. The Morgan fingerprint density at radius 2 is 1.92 bits per heavy atom. The Morgan fingerprint density at radius 3 is 2.68 bits per heavy atom. The van der Waals surface area contributed by atoms with Gasteiger partial charge in [-0.15, -0.1) is 0 Å². The van der Waals surface area contributed by atoms with Crippen molar-refractivity contribution < 1.29 is 0 Å². The maximum Gasteiger partial charge on any atom is 0.0409 e. The van der Waals surface area contributed by atoms with Crippen molar-refractivity contribution in [1.82, 2.24) is 10.2 Å². The van der Waals surface area contributed by atoms with Gasteiger partial charge < -0.3 is 10.2 Å². The van der Waals surface area contributed by atoms with Crippen LogP contribution in [0, 0.1) is 5.41 Å². The van der Waals surface area contributed by atoms with Gasteiger partial charge in [-0.1, -0.05) is 61.8 Å². The number of fused-ring (bicyclic) bond motifs is 1. The normalized spacial score (nSPS) is 18.5. The van der Waals surface area contributed by atoms with E-state index in [1.54, 1.807) is 0 Å². The first-order chi connectivity index (χ1) is 12.0. The summed E-state index contributed by atoms with van der Waals surface area (Å²) < 4.78 is 0. The molecule has 1 N–H and O–H groups in total. The number of hydrogen-bond donors (Lipinski definition) is 1. The lowest BCUT2D eigenvalue weighted by atomic mass is 9.85. The maximum absolute atomic E-state index is 6.23. The highest BCUT2D eigenvalue weighted by molar-refractivity contribution is 6.30. The fourth-order valence-electron chi connectivity index (χ4n) is 3.97. The number of hydrogen-bond acceptors (Lipinski definition) is 2. The average molecular weight is 357 g/mol. The van der Waals surface area contributed by atoms with Gasteiger partial charge in [0.15, 0.2) is 0 Å². The van der Waals surface area contributed by atoms with Crippen LogP contribution in [-0.2, 0) is 13.0 Å². The van der Waals surface area contributed by atoms with E-state index in [1.807, 2.05) is 6.07 Å². The third kappa shape index (κ3) is 4.63. The monoisotopic (exact) mass is 356 g/mol. The molecule has 1 aliphatic rings. The van der Waals surface area contributed by atoms with Gasteiger partial charge in [0.1, 0.15) is 0 Å². The van der Waals surface area contributed by atoms with E-state index in [9.17, 15) is 0 Å². The molecule has 0 saturated carbocycles. The average Bonchev–Trinajstić information content (AvgIpc) is 2.82. The van der Waals surface area contributed by atoms with Crippen LogP contribution < -0.4 is 5.32 Å². The first kappa shape index (κ1) is 18.4. The standard InChI is InChI=1S/C22H29ClN2/c1-22(2)15-18-10-11-19(23)14-20(18)21(22)24-12-7-13-25(3)16-17-8-5-4-6-9-17/h4-6,8-11,14,21,24H,7,12-13,15-16H2,1-3H3. The van der Waals surface area contributed by atoms with Gasteiger partial charge in [-0.05, 0) is 67.2 Å². The first-order valence-corrected chi connectivity index (χ1v) is 9.58. The molecule has 0 spiro atoms. The molecule has 0 fully saturated rings. The van der Waals surface area contributed by atoms with Crippen molar-refractivity contribution in [2.45, 2.75) is 39.3 Å². The van der Waals surface area contributed by atoms with Gasteiger partial charge in [-0.25, -0.2) is 0 Å². The summed E-state index contributed by atoms with van der Waals surface area (Å²) in [7, 11) is 2.20. The molecule has 0 aliphatic heterocycles. The summed E-state index contributed by atoms with van der Waals surface area (Å²) in [5.74, 6) is 0. The minimum atomic E-state index is 0.239. The molecule has 2 aromatic rings. The predicted octanol–water partition coefficient (Wildman–Crippen LogP) is 5.08. The van der Waals surface area contributed by atoms with Crippen LogP contribution in [0.3, 0.4) is 0 Å². The fourth-order valence-corrected chi connectivity index (χ4v) is 4.15. The fraction of sp³-hybridized carbons (Fsp3) is 0.455. The minimum absolute atomic E-state index is 0.239. The van der Waals surface area contributed by atoms with E-state index in [4.69, 9.17) is 11.6 Å². The Morgan fingerprint density at radius 1 is 1.16 bits per heavy atom. The van der Waals surface area contributed by atoms with E-state index in [1.165, 1.54) is 16.7 Å². The highest BCUT2D eigenvalue weighted by Gasteiger charge is 2.38. The lowest BCUT2D eigenvalue weighted by Crippen LogP contribution is -2.33. The number of nitrogens with zero attached hydrogens (tertiary/aromatic N) is 1. The van der Waals surface area contributed by atoms with E-state index >= 15 is 0 Å². The van der Waals surface area contributed by atoms with Crippen molar-refractivity contribution in [3.63, 3.8) is 0 Å². The van der Waals surface area contributed by atoms with Gasteiger partial charge in [-0.3, -0.25) is 0 Å². The van der Waals surface area contributed by atoms with Gasteiger partial charge in [-0.2, -0.15) is 0 Å². The molecule has 2 nitrogen and oxygen atoms in total. The SMILES string of the molecule is CN(CCCNC1c2cc(Cl)ccc2CC1(C)C)Cc1ccccc1. The lowest BCUT2D eigenvalue weighted by Gasteiger charge is -2.29. The highest BCUT2D eigenvalue weighted by Crippen LogP contribution is 2.45. The van der Waals surface area contributed by atoms with Crippen LogP contribution in [0.4, 0.5) is 0 Å². The maximum atomic E-state index is 6.23. The Hall–Kier alpha value is -1.35. The van der Waals surface area contributed by atoms with Crippen molar-refractivity contribution in [1.29, 1.82) is 0 Å². The van der Waals surface area contributed by atoms with Crippen LogP contribution in [0.1, 0.15) is 43.0 Å². The van der Waals surface area contributed by atoms with E-state index in [-0.39, 0.29) is 5.41 Å². The third-order valence-electron chi connectivity index (χ3n) is 5.21. The molecule has 3 rings (SSSR count). The Bertz CT molecular complexity index is 696. The van der Waals surface area contributed by atoms with Gasteiger partial charge >= 0.3 is 0 Å². The predicted molar refractivity (Wildman–Crippen MR) is 107 cm³/mol. The molecule has 0 bridgehead atoms. The van der Waals surface area contributed by atoms with Gasteiger partial charge in [0, 0.05) is 17.6 Å². The molecule has 0 amide bonds. The molecular weight excluding hydrogens is 328 g/mol. The lowest BCUT2D eigenvalue weighted by molar-refractivity contribution is 0.259. The smallest absolute Gasteiger partial charge is 0.0409 e. The molecule has 25 heavy (non-hydrogen) atoms. The molecule has 0 saturated heterocycles. The van der Waals surface area contributed by atoms with Crippen LogP contribution in [-0.4, -0.2) is 25.0 Å². The van der Waals surface area contributed by atoms with Crippen molar-refractivity contribution in [2.24, 2.45) is 5.41 Å². The number of rotatable bonds is 7. The van der Waals surface area contributed by atoms with Crippen molar-refractivity contribution in [2.75, 3.05) is 20.1 Å². The second-order valence-corrected chi connectivity index (χ2v) is 8.41. The molecule has 1 atom stereocenters. The highest BCUT2D eigenvalue weighted by atomic mass is 35.5. The zero-order valence-electron chi connectivity index (χ0n) is 15.6. The molecule has 3 heteroatoms. The van der Waals surface area contributed by atoms with E-state index < -0.39 is 0 Å². The van der Waals surface area contributed by atoms with Crippen molar-refractivity contribution in [3.05, 3.63) is 70.2 Å². The van der Waals surface area contributed by atoms with Gasteiger partial charge in [0.05, 0.1) is 0 Å². The second kappa shape index (κ2) is 7.90. The summed E-state index contributed by atoms with van der Waals surface area (Å²) in [5, 5.41) is 4.63. The summed E-state index contributed by atoms with van der Waals surface area (Å²) in [4.78, 5) is 2.39. The van der Waals surface area contributed by atoms with Crippen LogP contribution >= 0.6 is 11.6 Å². The van der Waals surface area contributed by atoms with Crippen LogP contribution in [0.25, 0.3) is 0 Å². The Balaban J connectivity index is 1.49. The molecule has 0 radical (unpaired) electrons. The summed E-state index contributed by atoms with van der Waals surface area (Å²) in [6, 6.07) is 17.4. The molecule has 0 aromatic heterocycles. The molecule has 1 aliphatic carbocycles. The molecule has 1 unspecified atom stereocenters. The van der Waals surface area contributed by atoms with E-state index in [2.05, 4.69) is 73.6 Å². The zero-order chi connectivity index (χ0) is 17.9. The zero-order valence-corrected chi connectivity index (χ0v) is 16.3. The van der Waals surface area contributed by atoms with Crippen LogP contribution in [0.5, 0.6) is 0 Å². The first-order valence-electron chi connectivity index (χ1n) is 9.20. The summed E-state index contributed by atoms with van der Waals surface area (Å²) in [5.41, 5.74) is 4.44. The van der Waals surface area contributed by atoms with Gasteiger partial charge in [0.2, 0.25) is 0 Å². The number of nitrogens with one attached hydrogen (secondary N) is 1. The largest absolute Gasteiger partial charge is 0.309 e. The summed E-state index contributed by atoms with van der Waals surface area (Å²) in [6.07, 6.45) is 2.26. The molecular formula is C22H29ClN2. The van der Waals surface area contributed by atoms with Crippen LogP contribution in [0.15, 0.2) is 48.5 Å². The van der Waals surface area contributed by atoms with Crippen molar-refractivity contribution in [3.8, 4) is 0 Å². The van der Waals surface area contributed by atoms with E-state index in [0.717, 1.165) is 37.5 Å². The van der Waals surface area contributed by atoms with Crippen molar-refractivity contribution >= 4 is 11.6 Å². The quantitative estimate of drug-likeness (QED) is 0.696. The number of halogens is 1. The Labute approximate surface area is 157 Å². The van der Waals surface area contributed by atoms with E-state index in [0.29, 0.717) is 6.04 Å². The molecule has 0 heterocycles. The Kier molecular flexibility index (Phi) is 5.83.